The summed E-state index contributed by atoms with van der Waals surface area (Å²) in [7, 11) is 0. The molecule has 2 atom stereocenters. The molecule has 0 rings (SSSR count). The lowest BCUT2D eigenvalue weighted by Gasteiger charge is -2.10. The predicted molar refractivity (Wildman–Crippen MR) is 81.1 cm³/mol. The topological polar surface area (TPSA) is 213 Å². The van der Waals surface area contributed by atoms with Gasteiger partial charge in [-0.05, 0) is 12.8 Å². The lowest BCUT2D eigenvalue weighted by Crippen LogP contribution is -2.35. The molecule has 26 heavy (non-hydrogen) atoms. The van der Waals surface area contributed by atoms with E-state index in [1.807, 2.05) is 0 Å². The maximum absolute atomic E-state index is 11.4. The molecule has 0 aromatic heterocycles. The molecule has 0 aromatic carbocycles. The molecule has 6 N–H and O–H groups in total. The third-order valence-electron chi connectivity index (χ3n) is 2.91. The molecule has 12 nitrogen and oxygen atoms in total. The number of carboxylic acids is 2. The Kier molecular flexibility index (Phi) is 10.4. The number of nitrogens with two attached hydrogens (primary N) is 2. The standard InChI is InChI=1S/C14H20N2O10/c15-7(1-3-9(17)18)13(23)25-11(21)5-6-12(22)26-14(24)8(16)2-4-10(19)20/h7-8H,1-6,15-16H2,(H,17,18)(H,19,20). The largest absolute Gasteiger partial charge is 0.481 e. The Balaban J connectivity index is 4.16. The zero-order valence-electron chi connectivity index (χ0n) is 13.7. The highest BCUT2D eigenvalue weighted by atomic mass is 16.6. The first-order chi connectivity index (χ1) is 12.0. The van der Waals surface area contributed by atoms with Crippen LogP contribution < -0.4 is 11.5 Å². The maximum Gasteiger partial charge on any atom is 0.330 e. The molecule has 0 fully saturated rings. The van der Waals surface area contributed by atoms with E-state index < -0.39 is 60.7 Å². The Labute approximate surface area is 147 Å². The third kappa shape index (κ3) is 10.8. The Morgan fingerprint density at radius 1 is 0.654 bits per heavy atom. The van der Waals surface area contributed by atoms with Crippen LogP contribution in [0.2, 0.25) is 0 Å². The molecule has 0 aliphatic carbocycles. The van der Waals surface area contributed by atoms with Gasteiger partial charge in [0.25, 0.3) is 0 Å². The molecule has 0 amide bonds. The number of hydrogen-bond acceptors (Lipinski definition) is 10. The molecule has 0 aromatic rings. The number of carbonyl (C=O) groups excluding carboxylic acids is 4. The first-order valence-corrected chi connectivity index (χ1v) is 7.46. The molecule has 0 radical (unpaired) electrons. The first kappa shape index (κ1) is 23.1. The normalized spacial score (nSPS) is 12.5. The summed E-state index contributed by atoms with van der Waals surface area (Å²) in [6.45, 7) is 0. The SMILES string of the molecule is NC(CCC(=O)O)C(=O)OC(=O)CCC(=O)OC(=O)C(N)CCC(=O)O. The summed E-state index contributed by atoms with van der Waals surface area (Å²) < 4.78 is 8.67. The molecule has 12 heteroatoms. The van der Waals surface area contributed by atoms with E-state index in [9.17, 15) is 28.8 Å². The summed E-state index contributed by atoms with van der Waals surface area (Å²) >= 11 is 0. The van der Waals surface area contributed by atoms with Crippen molar-refractivity contribution in [2.24, 2.45) is 11.5 Å². The van der Waals surface area contributed by atoms with E-state index in [1.165, 1.54) is 0 Å². The molecule has 0 heterocycles. The lowest BCUT2D eigenvalue weighted by atomic mass is 10.2. The van der Waals surface area contributed by atoms with E-state index >= 15 is 0 Å². The van der Waals surface area contributed by atoms with Gasteiger partial charge >= 0.3 is 35.8 Å². The van der Waals surface area contributed by atoms with Crippen LogP contribution in [0.5, 0.6) is 0 Å². The number of carbonyl (C=O) groups is 6. The van der Waals surface area contributed by atoms with Crippen molar-refractivity contribution < 1.29 is 48.5 Å². The van der Waals surface area contributed by atoms with Crippen LogP contribution >= 0.6 is 0 Å². The molecular formula is C14H20N2O10. The van der Waals surface area contributed by atoms with Crippen LogP contribution in [0.4, 0.5) is 0 Å². The quantitative estimate of drug-likeness (QED) is 0.234. The van der Waals surface area contributed by atoms with Gasteiger partial charge in [-0.15, -0.1) is 0 Å². The minimum Gasteiger partial charge on any atom is -0.481 e. The molecule has 2 unspecified atom stereocenters. The molecule has 0 saturated heterocycles. The number of ether oxygens (including phenoxy) is 2. The van der Waals surface area contributed by atoms with Crippen LogP contribution in [-0.2, 0) is 38.2 Å². The maximum atomic E-state index is 11.4. The van der Waals surface area contributed by atoms with Gasteiger partial charge in [0, 0.05) is 12.8 Å². The fourth-order valence-electron chi connectivity index (χ4n) is 1.48. The van der Waals surface area contributed by atoms with Crippen LogP contribution in [0.3, 0.4) is 0 Å². The minimum atomic E-state index is -1.31. The van der Waals surface area contributed by atoms with Gasteiger partial charge < -0.3 is 31.2 Å². The summed E-state index contributed by atoms with van der Waals surface area (Å²) in [4.78, 5) is 66.3. The second-order valence-corrected chi connectivity index (χ2v) is 5.16. The monoisotopic (exact) mass is 376 g/mol. The van der Waals surface area contributed by atoms with Crippen molar-refractivity contribution in [3.63, 3.8) is 0 Å². The fraction of sp³-hybridized carbons (Fsp3) is 0.571. The van der Waals surface area contributed by atoms with Crippen LogP contribution in [0.15, 0.2) is 0 Å². The summed E-state index contributed by atoms with van der Waals surface area (Å²) in [6, 6.07) is -2.62. The van der Waals surface area contributed by atoms with Gasteiger partial charge in [-0.1, -0.05) is 0 Å². The average Bonchev–Trinajstić information content (AvgIpc) is 2.55. The van der Waals surface area contributed by atoms with Gasteiger partial charge in [0.1, 0.15) is 12.1 Å². The molecule has 0 saturated carbocycles. The fourth-order valence-corrected chi connectivity index (χ4v) is 1.48. The number of carboxylic acid groups (broad SMARTS) is 2. The van der Waals surface area contributed by atoms with Gasteiger partial charge in [0.05, 0.1) is 12.8 Å². The van der Waals surface area contributed by atoms with Crippen molar-refractivity contribution in [2.75, 3.05) is 0 Å². The van der Waals surface area contributed by atoms with E-state index in [4.69, 9.17) is 21.7 Å². The van der Waals surface area contributed by atoms with Crippen molar-refractivity contribution in [3.05, 3.63) is 0 Å². The highest BCUT2D eigenvalue weighted by molar-refractivity contribution is 5.92. The molecular weight excluding hydrogens is 356 g/mol. The van der Waals surface area contributed by atoms with E-state index in [1.54, 1.807) is 0 Å². The van der Waals surface area contributed by atoms with Crippen LogP contribution in [0.25, 0.3) is 0 Å². The van der Waals surface area contributed by atoms with Crippen LogP contribution in [0.1, 0.15) is 38.5 Å². The summed E-state index contributed by atoms with van der Waals surface area (Å²) in [5, 5.41) is 16.9. The average molecular weight is 376 g/mol. The molecule has 0 bridgehead atoms. The number of esters is 4. The summed E-state index contributed by atoms with van der Waals surface area (Å²) in [6.07, 6.45) is -2.41. The number of rotatable bonds is 11. The predicted octanol–water partition coefficient (Wildman–Crippen LogP) is -1.71. The van der Waals surface area contributed by atoms with Gasteiger partial charge in [-0.3, -0.25) is 19.2 Å². The Morgan fingerprint density at radius 3 is 1.23 bits per heavy atom. The lowest BCUT2D eigenvalue weighted by molar-refractivity contribution is -0.166. The van der Waals surface area contributed by atoms with Crippen molar-refractivity contribution in [1.29, 1.82) is 0 Å². The second-order valence-electron chi connectivity index (χ2n) is 5.16. The highest BCUT2D eigenvalue weighted by Crippen LogP contribution is 2.03. The van der Waals surface area contributed by atoms with Gasteiger partial charge in [-0.25, -0.2) is 9.59 Å². The van der Waals surface area contributed by atoms with Gasteiger partial charge in [0.15, 0.2) is 0 Å². The zero-order valence-corrected chi connectivity index (χ0v) is 13.7. The Hall–Kier alpha value is -2.86. The Morgan fingerprint density at radius 2 is 0.962 bits per heavy atom. The number of hydrogen-bond donors (Lipinski definition) is 4. The zero-order chi connectivity index (χ0) is 20.3. The van der Waals surface area contributed by atoms with E-state index in [0.29, 0.717) is 0 Å². The first-order valence-electron chi connectivity index (χ1n) is 7.46. The van der Waals surface area contributed by atoms with Gasteiger partial charge in [0.2, 0.25) is 0 Å². The second kappa shape index (κ2) is 11.7. The van der Waals surface area contributed by atoms with Gasteiger partial charge in [-0.2, -0.15) is 0 Å². The van der Waals surface area contributed by atoms with Crippen molar-refractivity contribution in [3.8, 4) is 0 Å². The summed E-state index contributed by atoms with van der Waals surface area (Å²) in [5.74, 6) is -6.85. The summed E-state index contributed by atoms with van der Waals surface area (Å²) in [5.41, 5.74) is 10.7. The Bertz CT molecular complexity index is 524. The van der Waals surface area contributed by atoms with Crippen molar-refractivity contribution in [1.82, 2.24) is 0 Å². The highest BCUT2D eigenvalue weighted by Gasteiger charge is 2.23. The van der Waals surface area contributed by atoms with E-state index in [0.717, 1.165) is 0 Å². The van der Waals surface area contributed by atoms with Crippen molar-refractivity contribution in [2.45, 2.75) is 50.6 Å². The smallest absolute Gasteiger partial charge is 0.330 e. The minimum absolute atomic E-state index is 0.230. The van der Waals surface area contributed by atoms with Crippen LogP contribution in [-0.4, -0.2) is 58.1 Å². The number of aliphatic carboxylic acids is 2. The van der Waals surface area contributed by atoms with E-state index in [-0.39, 0.29) is 25.7 Å². The molecule has 0 spiro atoms. The molecule has 0 aliphatic heterocycles. The molecule has 0 aliphatic rings. The molecule has 146 valence electrons. The van der Waals surface area contributed by atoms with Crippen LogP contribution in [0, 0.1) is 0 Å². The van der Waals surface area contributed by atoms with Crippen molar-refractivity contribution >= 4 is 35.8 Å². The third-order valence-corrected chi connectivity index (χ3v) is 2.91. The van der Waals surface area contributed by atoms with E-state index in [2.05, 4.69) is 9.47 Å².